The van der Waals surface area contributed by atoms with Crippen LogP contribution in [0, 0.1) is 6.92 Å². The molecule has 17 heavy (non-hydrogen) atoms. The minimum Gasteiger partial charge on any atom is -0.321 e. The van der Waals surface area contributed by atoms with Crippen molar-refractivity contribution in [1.82, 2.24) is 14.8 Å². The highest BCUT2D eigenvalue weighted by Crippen LogP contribution is 2.32. The normalized spacial score (nSPS) is 18.8. The lowest BCUT2D eigenvalue weighted by atomic mass is 10.2. The summed E-state index contributed by atoms with van der Waals surface area (Å²) in [6.07, 6.45) is 8.23. The quantitative estimate of drug-likeness (QED) is 0.877. The Kier molecular flexibility index (Phi) is 4.45. The second-order valence-electron chi connectivity index (χ2n) is 4.80. The second kappa shape index (κ2) is 5.87. The maximum absolute atomic E-state index is 6.23. The van der Waals surface area contributed by atoms with Crippen LogP contribution in [0.3, 0.4) is 0 Å². The van der Waals surface area contributed by atoms with E-state index in [9.17, 15) is 0 Å². The van der Waals surface area contributed by atoms with Crippen LogP contribution in [0.4, 0.5) is 0 Å². The molecule has 0 radical (unpaired) electrons. The first-order valence-electron chi connectivity index (χ1n) is 6.40. The molecule has 5 heteroatoms. The molecule has 0 amide bonds. The van der Waals surface area contributed by atoms with E-state index in [-0.39, 0.29) is 6.04 Å². The lowest BCUT2D eigenvalue weighted by Crippen LogP contribution is -2.20. The summed E-state index contributed by atoms with van der Waals surface area (Å²) < 4.78 is 2.29. The molecule has 0 aromatic carbocycles. The van der Waals surface area contributed by atoms with E-state index in [1.165, 1.54) is 25.7 Å². The molecule has 96 valence electrons. The average molecular weight is 254 g/mol. The van der Waals surface area contributed by atoms with Crippen molar-refractivity contribution in [3.63, 3.8) is 0 Å². The van der Waals surface area contributed by atoms with Crippen LogP contribution in [-0.4, -0.2) is 26.8 Å². The fourth-order valence-electron chi connectivity index (χ4n) is 2.63. The predicted octanol–water partition coefficient (Wildman–Crippen LogP) is 2.45. The van der Waals surface area contributed by atoms with E-state index in [0.717, 1.165) is 23.8 Å². The monoisotopic (exact) mass is 254 g/mol. The van der Waals surface area contributed by atoms with Crippen LogP contribution < -0.4 is 5.73 Å². The van der Waals surface area contributed by atoms with Gasteiger partial charge in [0, 0.05) is 6.04 Å². The van der Waals surface area contributed by atoms with E-state index in [1.807, 2.05) is 18.7 Å². The molecule has 0 aliphatic heterocycles. The largest absolute Gasteiger partial charge is 0.321 e. The Morgan fingerprint density at radius 1 is 1.41 bits per heavy atom. The molecule has 0 bridgehead atoms. The third-order valence-electron chi connectivity index (χ3n) is 3.55. The number of thioether (sulfide) groups is 1. The molecule has 1 fully saturated rings. The molecule has 1 aromatic rings. The van der Waals surface area contributed by atoms with Crippen molar-refractivity contribution in [3.8, 4) is 0 Å². The van der Waals surface area contributed by atoms with Crippen molar-refractivity contribution in [1.29, 1.82) is 0 Å². The first-order chi connectivity index (χ1) is 8.24. The van der Waals surface area contributed by atoms with Crippen LogP contribution in [0.15, 0.2) is 0 Å². The standard InChI is InChI=1S/C12H22N4S/c1-9-14-15-12(11(13)7-8-17-2)16(9)10-5-3-4-6-10/h10-11H,3-8,13H2,1-2H3. The summed E-state index contributed by atoms with van der Waals surface area (Å²) in [4.78, 5) is 0. The predicted molar refractivity (Wildman–Crippen MR) is 72.2 cm³/mol. The highest BCUT2D eigenvalue weighted by atomic mass is 32.2. The van der Waals surface area contributed by atoms with Gasteiger partial charge in [-0.3, -0.25) is 0 Å². The summed E-state index contributed by atoms with van der Waals surface area (Å²) in [6.45, 7) is 2.04. The smallest absolute Gasteiger partial charge is 0.150 e. The van der Waals surface area contributed by atoms with E-state index in [1.54, 1.807) is 0 Å². The minimum atomic E-state index is 0.0317. The van der Waals surface area contributed by atoms with Gasteiger partial charge in [-0.25, -0.2) is 0 Å². The minimum absolute atomic E-state index is 0.0317. The molecular weight excluding hydrogens is 232 g/mol. The summed E-state index contributed by atoms with van der Waals surface area (Å²) in [7, 11) is 0. The van der Waals surface area contributed by atoms with Gasteiger partial charge in [0.15, 0.2) is 0 Å². The van der Waals surface area contributed by atoms with Gasteiger partial charge < -0.3 is 10.3 Å². The number of nitrogens with two attached hydrogens (primary N) is 1. The van der Waals surface area contributed by atoms with Crippen molar-refractivity contribution in [2.45, 2.75) is 51.1 Å². The van der Waals surface area contributed by atoms with Gasteiger partial charge in [0.25, 0.3) is 0 Å². The Balaban J connectivity index is 2.16. The molecule has 2 rings (SSSR count). The summed E-state index contributed by atoms with van der Waals surface area (Å²) in [5, 5.41) is 8.51. The lowest BCUT2D eigenvalue weighted by Gasteiger charge is -2.19. The molecule has 2 N–H and O–H groups in total. The van der Waals surface area contributed by atoms with E-state index < -0.39 is 0 Å². The number of hydrogen-bond acceptors (Lipinski definition) is 4. The average Bonchev–Trinajstić information content (AvgIpc) is 2.94. The van der Waals surface area contributed by atoms with Crippen molar-refractivity contribution in [3.05, 3.63) is 11.6 Å². The van der Waals surface area contributed by atoms with Crippen LogP contribution >= 0.6 is 11.8 Å². The molecule has 0 saturated heterocycles. The lowest BCUT2D eigenvalue weighted by molar-refractivity contribution is 0.464. The van der Waals surface area contributed by atoms with Crippen molar-refractivity contribution in [2.75, 3.05) is 12.0 Å². The molecule has 1 aliphatic carbocycles. The molecule has 4 nitrogen and oxygen atoms in total. The van der Waals surface area contributed by atoms with Gasteiger partial charge in [-0.1, -0.05) is 12.8 Å². The van der Waals surface area contributed by atoms with E-state index in [0.29, 0.717) is 6.04 Å². The molecule has 1 saturated carbocycles. The number of hydrogen-bond donors (Lipinski definition) is 1. The Morgan fingerprint density at radius 2 is 2.12 bits per heavy atom. The fourth-order valence-corrected chi connectivity index (χ4v) is 3.12. The van der Waals surface area contributed by atoms with E-state index in [2.05, 4.69) is 21.0 Å². The first-order valence-corrected chi connectivity index (χ1v) is 7.79. The van der Waals surface area contributed by atoms with Gasteiger partial charge in [-0.05, 0) is 38.2 Å². The molecule has 1 atom stereocenters. The highest BCUT2D eigenvalue weighted by Gasteiger charge is 2.24. The van der Waals surface area contributed by atoms with Gasteiger partial charge in [-0.15, -0.1) is 10.2 Å². The molecular formula is C12H22N4S. The molecule has 0 spiro atoms. The van der Waals surface area contributed by atoms with Crippen LogP contribution in [0.2, 0.25) is 0 Å². The van der Waals surface area contributed by atoms with Crippen LogP contribution in [0.5, 0.6) is 0 Å². The van der Waals surface area contributed by atoms with Crippen LogP contribution in [0.25, 0.3) is 0 Å². The third-order valence-corrected chi connectivity index (χ3v) is 4.19. The zero-order chi connectivity index (χ0) is 12.3. The Labute approximate surface area is 107 Å². The Bertz CT molecular complexity index is 357. The van der Waals surface area contributed by atoms with Crippen LogP contribution in [-0.2, 0) is 0 Å². The molecule has 1 aromatic heterocycles. The first kappa shape index (κ1) is 12.9. The zero-order valence-corrected chi connectivity index (χ0v) is 11.5. The van der Waals surface area contributed by atoms with Gasteiger partial charge in [-0.2, -0.15) is 11.8 Å². The Hall–Kier alpha value is -0.550. The van der Waals surface area contributed by atoms with Crippen molar-refractivity contribution >= 4 is 11.8 Å². The number of rotatable bonds is 5. The zero-order valence-electron chi connectivity index (χ0n) is 10.7. The molecule has 1 unspecified atom stereocenters. The van der Waals surface area contributed by atoms with Crippen LogP contribution in [0.1, 0.15) is 55.8 Å². The second-order valence-corrected chi connectivity index (χ2v) is 5.79. The summed E-state index contributed by atoms with van der Waals surface area (Å²) >= 11 is 1.83. The molecule has 1 aliphatic rings. The van der Waals surface area contributed by atoms with E-state index in [4.69, 9.17) is 5.73 Å². The maximum atomic E-state index is 6.23. The topological polar surface area (TPSA) is 56.7 Å². The van der Waals surface area contributed by atoms with E-state index >= 15 is 0 Å². The summed E-state index contributed by atoms with van der Waals surface area (Å²) in [5.74, 6) is 3.09. The van der Waals surface area contributed by atoms with Gasteiger partial charge in [0.05, 0.1) is 6.04 Å². The van der Waals surface area contributed by atoms with Gasteiger partial charge in [0.2, 0.25) is 0 Å². The van der Waals surface area contributed by atoms with Crippen molar-refractivity contribution in [2.24, 2.45) is 5.73 Å². The van der Waals surface area contributed by atoms with Gasteiger partial charge in [0.1, 0.15) is 11.6 Å². The number of aromatic nitrogens is 3. The fraction of sp³-hybridized carbons (Fsp3) is 0.833. The third kappa shape index (κ3) is 2.83. The summed E-state index contributed by atoms with van der Waals surface area (Å²) in [5.41, 5.74) is 6.23. The maximum Gasteiger partial charge on any atom is 0.150 e. The summed E-state index contributed by atoms with van der Waals surface area (Å²) in [6, 6.07) is 0.615. The number of aryl methyl sites for hydroxylation is 1. The van der Waals surface area contributed by atoms with Gasteiger partial charge >= 0.3 is 0 Å². The van der Waals surface area contributed by atoms with Crippen molar-refractivity contribution < 1.29 is 0 Å². The number of nitrogens with zero attached hydrogens (tertiary/aromatic N) is 3. The highest BCUT2D eigenvalue weighted by molar-refractivity contribution is 7.98. The Morgan fingerprint density at radius 3 is 2.76 bits per heavy atom. The SMILES string of the molecule is CSCCC(N)c1nnc(C)n1C1CCCC1. The molecule has 1 heterocycles.